The first kappa shape index (κ1) is 13.6. The third kappa shape index (κ3) is 2.86. The third-order valence-corrected chi connectivity index (χ3v) is 4.56. The number of hydroxylamine groups is 2. The van der Waals surface area contributed by atoms with Crippen molar-refractivity contribution in [2.75, 3.05) is 26.7 Å². The summed E-state index contributed by atoms with van der Waals surface area (Å²) in [6.45, 7) is 3.40. The van der Waals surface area contributed by atoms with Gasteiger partial charge in [0.1, 0.15) is 6.61 Å². The van der Waals surface area contributed by atoms with Crippen LogP contribution in [0.4, 0.5) is 0 Å². The Morgan fingerprint density at radius 2 is 1.90 bits per heavy atom. The fraction of sp³-hybridized carbons (Fsp3) is 0.562. The molecule has 2 saturated heterocycles. The quantitative estimate of drug-likeness (QED) is 0.846. The Morgan fingerprint density at radius 3 is 2.60 bits per heavy atom. The maximum Gasteiger partial charge on any atom is 0.246 e. The normalized spacial score (nSPS) is 22.6. The fourth-order valence-electron chi connectivity index (χ4n) is 3.13. The van der Waals surface area contributed by atoms with Gasteiger partial charge in [-0.2, -0.15) is 0 Å². The van der Waals surface area contributed by atoms with Gasteiger partial charge in [0.2, 0.25) is 5.91 Å². The second-order valence-corrected chi connectivity index (χ2v) is 6.17. The van der Waals surface area contributed by atoms with Gasteiger partial charge in [-0.1, -0.05) is 30.3 Å². The van der Waals surface area contributed by atoms with E-state index in [2.05, 4.69) is 11.9 Å². The number of benzene rings is 1. The predicted molar refractivity (Wildman–Crippen MR) is 76.7 cm³/mol. The lowest BCUT2D eigenvalue weighted by molar-refractivity contribution is -0.184. The average Bonchev–Trinajstić information content (AvgIpc) is 2.78. The highest BCUT2D eigenvalue weighted by Gasteiger charge is 2.45. The van der Waals surface area contributed by atoms with Crippen molar-refractivity contribution in [2.24, 2.45) is 5.41 Å². The molecule has 3 rings (SSSR count). The van der Waals surface area contributed by atoms with Gasteiger partial charge in [-0.25, -0.2) is 5.06 Å². The first-order valence-corrected chi connectivity index (χ1v) is 7.33. The van der Waals surface area contributed by atoms with Gasteiger partial charge in [0.05, 0.1) is 6.54 Å². The molecule has 108 valence electrons. The van der Waals surface area contributed by atoms with Crippen LogP contribution >= 0.6 is 0 Å². The average molecular weight is 274 g/mol. The molecule has 2 fully saturated rings. The van der Waals surface area contributed by atoms with Crippen LogP contribution in [-0.4, -0.2) is 42.6 Å². The zero-order valence-corrected chi connectivity index (χ0v) is 12.0. The highest BCUT2D eigenvalue weighted by atomic mass is 16.7. The topological polar surface area (TPSA) is 32.8 Å². The Balaban J connectivity index is 1.57. The molecule has 0 N–H and O–H groups in total. The molecule has 2 aliphatic heterocycles. The third-order valence-electron chi connectivity index (χ3n) is 4.56. The van der Waals surface area contributed by atoms with Crippen molar-refractivity contribution in [3.8, 4) is 0 Å². The molecule has 0 radical (unpaired) electrons. The van der Waals surface area contributed by atoms with E-state index < -0.39 is 0 Å². The van der Waals surface area contributed by atoms with Crippen molar-refractivity contribution >= 4 is 5.91 Å². The number of likely N-dealkylation sites (tertiary alicyclic amines) is 1. The number of rotatable bonds is 3. The SMILES string of the molecule is CN1CCC2(CC1)CC(=O)N(OCc1ccccc1)C2. The van der Waals surface area contributed by atoms with Crippen molar-refractivity contribution in [2.45, 2.75) is 25.9 Å². The molecule has 0 unspecified atom stereocenters. The Bertz CT molecular complexity index is 467. The maximum absolute atomic E-state index is 12.1. The number of hydrogen-bond acceptors (Lipinski definition) is 3. The van der Waals surface area contributed by atoms with Crippen molar-refractivity contribution < 1.29 is 9.63 Å². The van der Waals surface area contributed by atoms with Crippen LogP contribution in [0.1, 0.15) is 24.8 Å². The van der Waals surface area contributed by atoms with Crippen molar-refractivity contribution in [3.63, 3.8) is 0 Å². The highest BCUT2D eigenvalue weighted by Crippen LogP contribution is 2.40. The first-order valence-electron chi connectivity index (χ1n) is 7.33. The largest absolute Gasteiger partial charge is 0.306 e. The van der Waals surface area contributed by atoms with Crippen LogP contribution in [0.15, 0.2) is 30.3 Å². The summed E-state index contributed by atoms with van der Waals surface area (Å²) < 4.78 is 0. The van der Waals surface area contributed by atoms with Gasteiger partial charge in [0.25, 0.3) is 0 Å². The van der Waals surface area contributed by atoms with Gasteiger partial charge in [-0.15, -0.1) is 0 Å². The van der Waals surface area contributed by atoms with E-state index in [1.54, 1.807) is 5.06 Å². The summed E-state index contributed by atoms with van der Waals surface area (Å²) in [5.41, 5.74) is 1.25. The number of carbonyl (C=O) groups is 1. The lowest BCUT2D eigenvalue weighted by Crippen LogP contribution is -2.39. The molecular formula is C16H22N2O2. The molecule has 4 heteroatoms. The first-order chi connectivity index (χ1) is 9.67. The van der Waals surface area contributed by atoms with E-state index in [-0.39, 0.29) is 11.3 Å². The van der Waals surface area contributed by atoms with Crippen molar-refractivity contribution in [1.29, 1.82) is 0 Å². The molecule has 4 nitrogen and oxygen atoms in total. The van der Waals surface area contributed by atoms with E-state index in [9.17, 15) is 4.79 Å². The molecule has 0 saturated carbocycles. The maximum atomic E-state index is 12.1. The number of carbonyl (C=O) groups excluding carboxylic acids is 1. The number of amides is 1. The molecule has 1 aromatic carbocycles. The summed E-state index contributed by atoms with van der Waals surface area (Å²) in [5.74, 6) is 0.144. The molecule has 2 aliphatic rings. The second-order valence-electron chi connectivity index (χ2n) is 6.17. The van der Waals surface area contributed by atoms with Crippen LogP contribution < -0.4 is 0 Å². The van der Waals surface area contributed by atoms with E-state index in [1.165, 1.54) is 0 Å². The molecule has 0 aromatic heterocycles. The fourth-order valence-corrected chi connectivity index (χ4v) is 3.13. The summed E-state index contributed by atoms with van der Waals surface area (Å²) in [5, 5.41) is 1.60. The Kier molecular flexibility index (Phi) is 3.76. The van der Waals surface area contributed by atoms with E-state index >= 15 is 0 Å². The Hall–Kier alpha value is -1.39. The molecule has 0 aliphatic carbocycles. The molecular weight excluding hydrogens is 252 g/mol. The van der Waals surface area contributed by atoms with E-state index in [4.69, 9.17) is 4.84 Å². The molecule has 20 heavy (non-hydrogen) atoms. The van der Waals surface area contributed by atoms with Gasteiger partial charge in [0.15, 0.2) is 0 Å². The van der Waals surface area contributed by atoms with Crippen LogP contribution in [0.3, 0.4) is 0 Å². The van der Waals surface area contributed by atoms with Crippen LogP contribution in [0, 0.1) is 5.41 Å². The zero-order valence-electron chi connectivity index (χ0n) is 12.0. The van der Waals surface area contributed by atoms with E-state index in [0.717, 1.165) is 38.0 Å². The second kappa shape index (κ2) is 5.54. The summed E-state index contributed by atoms with van der Waals surface area (Å²) in [4.78, 5) is 20.2. The van der Waals surface area contributed by atoms with Gasteiger partial charge in [-0.05, 0) is 38.5 Å². The smallest absolute Gasteiger partial charge is 0.246 e. The number of hydrogen-bond donors (Lipinski definition) is 0. The lowest BCUT2D eigenvalue weighted by atomic mass is 9.78. The zero-order chi connectivity index (χ0) is 14.0. The molecule has 1 amide bonds. The van der Waals surface area contributed by atoms with Crippen LogP contribution in [0.25, 0.3) is 0 Å². The minimum Gasteiger partial charge on any atom is -0.306 e. The standard InChI is InChI=1S/C16H22N2O2/c1-17-9-7-16(8-10-17)11-15(19)18(13-16)20-12-14-5-3-2-4-6-14/h2-6H,7-13H2,1H3. The number of piperidine rings is 1. The van der Waals surface area contributed by atoms with E-state index in [1.807, 2.05) is 30.3 Å². The van der Waals surface area contributed by atoms with Gasteiger partial charge in [0, 0.05) is 11.8 Å². The van der Waals surface area contributed by atoms with Crippen molar-refractivity contribution in [3.05, 3.63) is 35.9 Å². The Morgan fingerprint density at radius 1 is 1.20 bits per heavy atom. The lowest BCUT2D eigenvalue weighted by Gasteiger charge is -2.36. The predicted octanol–water partition coefficient (Wildman–Crippen LogP) is 2.06. The summed E-state index contributed by atoms with van der Waals surface area (Å²) in [7, 11) is 2.15. The monoisotopic (exact) mass is 274 g/mol. The minimum absolute atomic E-state index is 0.144. The number of nitrogens with zero attached hydrogens (tertiary/aromatic N) is 2. The molecule has 2 heterocycles. The van der Waals surface area contributed by atoms with E-state index in [0.29, 0.717) is 13.0 Å². The van der Waals surface area contributed by atoms with Gasteiger partial charge < -0.3 is 4.90 Å². The molecule has 0 atom stereocenters. The highest BCUT2D eigenvalue weighted by molar-refractivity contribution is 5.78. The molecule has 0 bridgehead atoms. The molecule has 1 aromatic rings. The van der Waals surface area contributed by atoms with Crippen molar-refractivity contribution in [1.82, 2.24) is 9.96 Å². The molecule has 1 spiro atoms. The minimum atomic E-state index is 0.144. The summed E-state index contributed by atoms with van der Waals surface area (Å²) in [6, 6.07) is 10.0. The van der Waals surface area contributed by atoms with Crippen LogP contribution in [-0.2, 0) is 16.2 Å². The summed E-state index contributed by atoms with van der Waals surface area (Å²) >= 11 is 0. The van der Waals surface area contributed by atoms with Crippen LogP contribution in [0.2, 0.25) is 0 Å². The van der Waals surface area contributed by atoms with Gasteiger partial charge >= 0.3 is 0 Å². The van der Waals surface area contributed by atoms with Gasteiger partial charge in [-0.3, -0.25) is 9.63 Å². The summed E-state index contributed by atoms with van der Waals surface area (Å²) in [6.07, 6.45) is 2.84. The Labute approximate surface area is 120 Å². The van der Waals surface area contributed by atoms with Crippen LogP contribution in [0.5, 0.6) is 0 Å².